The minimum Gasteiger partial charge on any atom is -0.250 e. The SMILES string of the molecule is CC(C)Cn1ncnc1CC(CBr)(CBr)C1CCCC1. The third-order valence-electron chi connectivity index (χ3n) is 4.50. The van der Waals surface area contributed by atoms with Gasteiger partial charge in [0.1, 0.15) is 12.2 Å². The third kappa shape index (κ3) is 3.65. The number of aromatic nitrogens is 3. The van der Waals surface area contributed by atoms with E-state index in [1.165, 1.54) is 25.7 Å². The Morgan fingerprint density at radius 2 is 1.95 bits per heavy atom. The van der Waals surface area contributed by atoms with Gasteiger partial charge in [-0.05, 0) is 30.1 Å². The van der Waals surface area contributed by atoms with E-state index in [1.807, 2.05) is 0 Å². The first-order valence-corrected chi connectivity index (χ1v) is 9.84. The van der Waals surface area contributed by atoms with Gasteiger partial charge in [0, 0.05) is 23.6 Å². The molecule has 0 saturated heterocycles. The predicted octanol–water partition coefficient (Wildman–Crippen LogP) is 4.44. The molecule has 0 radical (unpaired) electrons. The van der Waals surface area contributed by atoms with E-state index in [4.69, 9.17) is 0 Å². The molecule has 2 rings (SSSR count). The van der Waals surface area contributed by atoms with Crippen molar-refractivity contribution in [2.24, 2.45) is 17.3 Å². The predicted molar refractivity (Wildman–Crippen MR) is 90.5 cm³/mol. The number of halogens is 2. The number of hydrogen-bond donors (Lipinski definition) is 0. The molecule has 0 unspecified atom stereocenters. The van der Waals surface area contributed by atoms with Gasteiger partial charge in [-0.25, -0.2) is 9.67 Å². The smallest absolute Gasteiger partial charge is 0.138 e. The van der Waals surface area contributed by atoms with Crippen LogP contribution in [0, 0.1) is 17.3 Å². The normalized spacial score (nSPS) is 17.2. The molecular formula is C15H25Br2N3. The highest BCUT2D eigenvalue weighted by Crippen LogP contribution is 2.44. The number of alkyl halides is 2. The maximum atomic E-state index is 4.53. The van der Waals surface area contributed by atoms with Crippen molar-refractivity contribution in [2.45, 2.75) is 52.5 Å². The lowest BCUT2D eigenvalue weighted by atomic mass is 9.75. The van der Waals surface area contributed by atoms with E-state index in [2.05, 4.69) is 60.5 Å². The number of nitrogens with zero attached hydrogens (tertiary/aromatic N) is 3. The topological polar surface area (TPSA) is 30.7 Å². The minimum absolute atomic E-state index is 0.276. The van der Waals surface area contributed by atoms with Crippen LogP contribution in [0.1, 0.15) is 45.4 Å². The first kappa shape index (κ1) is 16.5. The Kier molecular flexibility index (Phi) is 6.09. The molecule has 1 aromatic heterocycles. The van der Waals surface area contributed by atoms with Crippen LogP contribution >= 0.6 is 31.9 Å². The summed E-state index contributed by atoms with van der Waals surface area (Å²) in [6.07, 6.45) is 8.20. The summed E-state index contributed by atoms with van der Waals surface area (Å²) >= 11 is 7.55. The lowest BCUT2D eigenvalue weighted by Gasteiger charge is -2.36. The second-order valence-corrected chi connectivity index (χ2v) is 7.66. The largest absolute Gasteiger partial charge is 0.250 e. The molecule has 1 aliphatic carbocycles. The Hall–Kier alpha value is 0.100. The van der Waals surface area contributed by atoms with Gasteiger partial charge in [-0.2, -0.15) is 5.10 Å². The Morgan fingerprint density at radius 1 is 1.30 bits per heavy atom. The van der Waals surface area contributed by atoms with E-state index in [9.17, 15) is 0 Å². The molecule has 0 aliphatic heterocycles. The van der Waals surface area contributed by atoms with E-state index >= 15 is 0 Å². The maximum absolute atomic E-state index is 4.53. The van der Waals surface area contributed by atoms with Crippen LogP contribution < -0.4 is 0 Å². The van der Waals surface area contributed by atoms with Gasteiger partial charge in [0.2, 0.25) is 0 Å². The molecular weight excluding hydrogens is 382 g/mol. The van der Waals surface area contributed by atoms with Gasteiger partial charge in [-0.1, -0.05) is 58.5 Å². The van der Waals surface area contributed by atoms with Gasteiger partial charge in [-0.3, -0.25) is 0 Å². The monoisotopic (exact) mass is 405 g/mol. The van der Waals surface area contributed by atoms with Crippen LogP contribution in [0.5, 0.6) is 0 Å². The highest BCUT2D eigenvalue weighted by Gasteiger charge is 2.39. The first-order chi connectivity index (χ1) is 9.61. The second-order valence-electron chi connectivity index (χ2n) is 6.54. The summed E-state index contributed by atoms with van der Waals surface area (Å²) in [7, 11) is 0. The fraction of sp³-hybridized carbons (Fsp3) is 0.867. The van der Waals surface area contributed by atoms with E-state index < -0.39 is 0 Å². The van der Waals surface area contributed by atoms with Crippen molar-refractivity contribution >= 4 is 31.9 Å². The van der Waals surface area contributed by atoms with Gasteiger partial charge in [0.05, 0.1) is 0 Å². The summed E-state index contributed by atoms with van der Waals surface area (Å²) in [6, 6.07) is 0. The molecule has 1 aromatic rings. The van der Waals surface area contributed by atoms with Gasteiger partial charge in [0.25, 0.3) is 0 Å². The summed E-state index contributed by atoms with van der Waals surface area (Å²) < 4.78 is 2.10. The van der Waals surface area contributed by atoms with Gasteiger partial charge < -0.3 is 0 Å². The van der Waals surface area contributed by atoms with E-state index in [0.717, 1.165) is 35.4 Å². The zero-order valence-electron chi connectivity index (χ0n) is 12.5. The molecule has 0 atom stereocenters. The van der Waals surface area contributed by atoms with Crippen LogP contribution in [0.3, 0.4) is 0 Å². The number of hydrogen-bond acceptors (Lipinski definition) is 2. The third-order valence-corrected chi connectivity index (χ3v) is 6.73. The molecule has 0 spiro atoms. The molecule has 0 aromatic carbocycles. The summed E-state index contributed by atoms with van der Waals surface area (Å²) in [4.78, 5) is 4.53. The van der Waals surface area contributed by atoms with Crippen molar-refractivity contribution in [3.63, 3.8) is 0 Å². The molecule has 1 saturated carbocycles. The molecule has 1 aliphatic rings. The quantitative estimate of drug-likeness (QED) is 0.626. The minimum atomic E-state index is 0.276. The van der Waals surface area contributed by atoms with Crippen LogP contribution in [-0.4, -0.2) is 25.4 Å². The highest BCUT2D eigenvalue weighted by atomic mass is 79.9. The standard InChI is InChI=1S/C15H25Br2N3/c1-12(2)8-20-14(18-11-19-20)7-15(9-16,10-17)13-5-3-4-6-13/h11-13H,3-10H2,1-2H3. The van der Waals surface area contributed by atoms with E-state index in [0.29, 0.717) is 5.92 Å². The van der Waals surface area contributed by atoms with Crippen molar-refractivity contribution in [2.75, 3.05) is 10.7 Å². The van der Waals surface area contributed by atoms with Crippen LogP contribution in [0.15, 0.2) is 6.33 Å². The second kappa shape index (κ2) is 7.39. The molecule has 3 nitrogen and oxygen atoms in total. The summed E-state index contributed by atoms with van der Waals surface area (Å²) in [6.45, 7) is 5.41. The average Bonchev–Trinajstić information content (AvgIpc) is 3.08. The zero-order valence-corrected chi connectivity index (χ0v) is 15.7. The first-order valence-electron chi connectivity index (χ1n) is 7.60. The lowest BCUT2D eigenvalue weighted by molar-refractivity contribution is 0.224. The molecule has 0 bridgehead atoms. The average molecular weight is 407 g/mol. The molecule has 20 heavy (non-hydrogen) atoms. The molecule has 114 valence electrons. The van der Waals surface area contributed by atoms with Crippen LogP contribution in [-0.2, 0) is 13.0 Å². The van der Waals surface area contributed by atoms with Crippen molar-refractivity contribution in [3.8, 4) is 0 Å². The summed E-state index contributed by atoms with van der Waals surface area (Å²) in [5.74, 6) is 2.54. The van der Waals surface area contributed by atoms with Crippen LogP contribution in [0.4, 0.5) is 0 Å². The lowest BCUT2D eigenvalue weighted by Crippen LogP contribution is -2.36. The molecule has 1 heterocycles. The van der Waals surface area contributed by atoms with Crippen molar-refractivity contribution in [1.82, 2.24) is 14.8 Å². The molecule has 0 N–H and O–H groups in total. The van der Waals surface area contributed by atoms with Crippen LogP contribution in [0.25, 0.3) is 0 Å². The van der Waals surface area contributed by atoms with Crippen molar-refractivity contribution in [3.05, 3.63) is 12.2 Å². The fourth-order valence-electron chi connectivity index (χ4n) is 3.27. The number of rotatable bonds is 7. The Bertz CT molecular complexity index is 407. The fourth-order valence-corrected chi connectivity index (χ4v) is 5.51. The van der Waals surface area contributed by atoms with Crippen molar-refractivity contribution < 1.29 is 0 Å². The molecule has 1 fully saturated rings. The maximum Gasteiger partial charge on any atom is 0.138 e. The van der Waals surface area contributed by atoms with Gasteiger partial charge in [0.15, 0.2) is 0 Å². The summed E-state index contributed by atoms with van der Waals surface area (Å²) in [5, 5.41) is 6.48. The molecule has 5 heteroatoms. The van der Waals surface area contributed by atoms with Gasteiger partial charge >= 0.3 is 0 Å². The Labute approximate surface area is 139 Å². The molecule has 0 amide bonds. The van der Waals surface area contributed by atoms with E-state index in [1.54, 1.807) is 6.33 Å². The van der Waals surface area contributed by atoms with Crippen molar-refractivity contribution in [1.29, 1.82) is 0 Å². The van der Waals surface area contributed by atoms with Gasteiger partial charge in [-0.15, -0.1) is 0 Å². The highest BCUT2D eigenvalue weighted by molar-refractivity contribution is 9.09. The summed E-state index contributed by atoms with van der Waals surface area (Å²) in [5.41, 5.74) is 0.276. The van der Waals surface area contributed by atoms with E-state index in [-0.39, 0.29) is 5.41 Å². The van der Waals surface area contributed by atoms with Crippen LogP contribution in [0.2, 0.25) is 0 Å². The zero-order chi connectivity index (χ0) is 14.6. The Balaban J connectivity index is 2.17. The Morgan fingerprint density at radius 3 is 2.50 bits per heavy atom.